The van der Waals surface area contributed by atoms with Gasteiger partial charge < -0.3 is 11.5 Å². The SMILES string of the molecule is CCCCCCCCCCCCC[CH-]CCCC(=O)O.[Na+]. The Morgan fingerprint density at radius 3 is 1.67 bits per heavy atom. The number of hydrogen-bond donors (Lipinski definition) is 1. The zero-order chi connectivity index (χ0) is 14.9. The molecule has 2 nitrogen and oxygen atoms in total. The van der Waals surface area contributed by atoms with Crippen LogP contribution >= 0.6 is 0 Å². The topological polar surface area (TPSA) is 37.3 Å². The molecule has 0 fully saturated rings. The molecule has 21 heavy (non-hydrogen) atoms. The third kappa shape index (κ3) is 22.9. The van der Waals surface area contributed by atoms with Gasteiger partial charge in [0, 0.05) is 6.42 Å². The van der Waals surface area contributed by atoms with Crippen LogP contribution in [0.1, 0.15) is 103 Å². The number of rotatable bonds is 16. The van der Waals surface area contributed by atoms with Crippen molar-refractivity contribution in [1.29, 1.82) is 0 Å². The first-order chi connectivity index (χ1) is 9.77. The number of carboxylic acids is 1. The Bertz CT molecular complexity index is 207. The fraction of sp³-hybridized carbons (Fsp3) is 0.889. The van der Waals surface area contributed by atoms with Gasteiger partial charge >= 0.3 is 35.5 Å². The van der Waals surface area contributed by atoms with Gasteiger partial charge in [0.05, 0.1) is 0 Å². The number of unbranched alkanes of at least 4 members (excludes halogenated alkanes) is 14. The Kier molecular flexibility index (Phi) is 23.1. The van der Waals surface area contributed by atoms with Gasteiger partial charge in [-0.15, -0.1) is 0 Å². The van der Waals surface area contributed by atoms with Crippen LogP contribution in [0, 0.1) is 6.42 Å². The van der Waals surface area contributed by atoms with Crippen molar-refractivity contribution >= 4 is 5.97 Å². The monoisotopic (exact) mass is 306 g/mol. The second-order valence-electron chi connectivity index (χ2n) is 5.90. The van der Waals surface area contributed by atoms with E-state index in [4.69, 9.17) is 5.11 Å². The average Bonchev–Trinajstić information content (AvgIpc) is 2.43. The Morgan fingerprint density at radius 1 is 0.762 bits per heavy atom. The first kappa shape index (κ1) is 23.7. The van der Waals surface area contributed by atoms with Crippen LogP contribution in [0.5, 0.6) is 0 Å². The van der Waals surface area contributed by atoms with Crippen LogP contribution in [0.15, 0.2) is 0 Å². The van der Waals surface area contributed by atoms with Gasteiger partial charge in [-0.25, -0.2) is 0 Å². The molecule has 0 spiro atoms. The van der Waals surface area contributed by atoms with Gasteiger partial charge in [-0.1, -0.05) is 84.0 Å². The maximum atomic E-state index is 10.3. The van der Waals surface area contributed by atoms with E-state index in [0.717, 1.165) is 19.3 Å². The van der Waals surface area contributed by atoms with Crippen molar-refractivity contribution in [3.8, 4) is 0 Å². The zero-order valence-corrected chi connectivity index (χ0v) is 16.5. The molecule has 0 bridgehead atoms. The van der Waals surface area contributed by atoms with E-state index in [-0.39, 0.29) is 29.6 Å². The summed E-state index contributed by atoms with van der Waals surface area (Å²) in [7, 11) is 0. The van der Waals surface area contributed by atoms with Crippen molar-refractivity contribution < 1.29 is 39.5 Å². The molecule has 0 saturated carbocycles. The van der Waals surface area contributed by atoms with Crippen molar-refractivity contribution in [2.24, 2.45) is 0 Å². The van der Waals surface area contributed by atoms with Crippen LogP contribution in [-0.4, -0.2) is 11.1 Å². The van der Waals surface area contributed by atoms with Gasteiger partial charge in [-0.05, 0) is 0 Å². The van der Waals surface area contributed by atoms with Crippen LogP contribution < -0.4 is 29.6 Å². The normalized spacial score (nSPS) is 10.3. The zero-order valence-electron chi connectivity index (χ0n) is 14.5. The molecule has 0 amide bonds. The van der Waals surface area contributed by atoms with E-state index in [9.17, 15) is 4.79 Å². The van der Waals surface area contributed by atoms with E-state index in [1.54, 1.807) is 0 Å². The van der Waals surface area contributed by atoms with Gasteiger partial charge in [-0.3, -0.25) is 4.79 Å². The largest absolute Gasteiger partial charge is 1.00 e. The summed E-state index contributed by atoms with van der Waals surface area (Å²) in [6.45, 7) is 2.27. The summed E-state index contributed by atoms with van der Waals surface area (Å²) in [5, 5.41) is 8.50. The van der Waals surface area contributed by atoms with Gasteiger partial charge in [0.15, 0.2) is 0 Å². The molecule has 0 saturated heterocycles. The molecule has 0 aliphatic carbocycles. The van der Waals surface area contributed by atoms with Gasteiger partial charge in [0.1, 0.15) is 0 Å². The quantitative estimate of drug-likeness (QED) is 0.270. The molecule has 0 rings (SSSR count). The summed E-state index contributed by atoms with van der Waals surface area (Å²) < 4.78 is 0. The Morgan fingerprint density at radius 2 is 1.19 bits per heavy atom. The molecule has 3 heteroatoms. The summed E-state index contributed by atoms with van der Waals surface area (Å²) in [5.41, 5.74) is 0. The van der Waals surface area contributed by atoms with Crippen molar-refractivity contribution in [1.82, 2.24) is 0 Å². The first-order valence-corrected chi connectivity index (χ1v) is 8.80. The molecule has 0 aliphatic heterocycles. The van der Waals surface area contributed by atoms with E-state index < -0.39 is 5.97 Å². The predicted molar refractivity (Wildman–Crippen MR) is 86.9 cm³/mol. The molecule has 0 atom stereocenters. The molecule has 1 N–H and O–H groups in total. The Balaban J connectivity index is 0. The minimum absolute atomic E-state index is 0. The number of aliphatic carboxylic acids is 1. The molecule has 0 aromatic heterocycles. The molecule has 120 valence electrons. The van der Waals surface area contributed by atoms with Crippen molar-refractivity contribution in [3.05, 3.63) is 6.42 Å². The predicted octanol–water partition coefficient (Wildman–Crippen LogP) is 3.15. The Labute approximate surface area is 154 Å². The fourth-order valence-corrected chi connectivity index (χ4v) is 2.49. The van der Waals surface area contributed by atoms with Gasteiger partial charge in [0.25, 0.3) is 0 Å². The van der Waals surface area contributed by atoms with Crippen LogP contribution in [0.4, 0.5) is 0 Å². The van der Waals surface area contributed by atoms with Gasteiger partial charge in [0.2, 0.25) is 0 Å². The minimum Gasteiger partial charge on any atom is -0.481 e. The van der Waals surface area contributed by atoms with Crippen molar-refractivity contribution in [2.45, 2.75) is 103 Å². The van der Waals surface area contributed by atoms with E-state index in [2.05, 4.69) is 13.3 Å². The third-order valence-electron chi connectivity index (χ3n) is 3.81. The second-order valence-corrected chi connectivity index (χ2v) is 5.90. The second kappa shape index (κ2) is 20.5. The van der Waals surface area contributed by atoms with E-state index in [0.29, 0.717) is 6.42 Å². The molecule has 0 aliphatic rings. The van der Waals surface area contributed by atoms with Crippen LogP contribution in [0.3, 0.4) is 0 Å². The molecular formula is C18H35NaO2. The number of carbonyl (C=O) groups is 1. The smallest absolute Gasteiger partial charge is 0.481 e. The van der Waals surface area contributed by atoms with E-state index in [1.807, 2.05) is 0 Å². The molecule has 0 heterocycles. The third-order valence-corrected chi connectivity index (χ3v) is 3.81. The molecule has 0 aromatic rings. The van der Waals surface area contributed by atoms with Crippen LogP contribution in [-0.2, 0) is 4.79 Å². The van der Waals surface area contributed by atoms with Crippen molar-refractivity contribution in [3.63, 3.8) is 0 Å². The Hall–Kier alpha value is 0.470. The maximum Gasteiger partial charge on any atom is 1.00 e. The summed E-state index contributed by atoms with van der Waals surface area (Å²) >= 11 is 0. The minimum atomic E-state index is -0.673. The number of hydrogen-bond acceptors (Lipinski definition) is 1. The molecule has 0 aromatic carbocycles. The summed E-state index contributed by atoms with van der Waals surface area (Å²) in [6, 6.07) is 0. The van der Waals surface area contributed by atoms with E-state index >= 15 is 0 Å². The molecule has 0 unspecified atom stereocenters. The van der Waals surface area contributed by atoms with Crippen LogP contribution in [0.2, 0.25) is 0 Å². The van der Waals surface area contributed by atoms with E-state index in [1.165, 1.54) is 70.6 Å². The summed E-state index contributed by atoms with van der Waals surface area (Å²) in [4.78, 5) is 10.3. The van der Waals surface area contributed by atoms with Crippen LogP contribution in [0.25, 0.3) is 0 Å². The standard InChI is InChI=1S/C18H35O2.Na/c1-2-3-4-5-6-7-8-9-10-11-12-13-14-15-16-17-18(19)20;/h14H,2-13,15-17H2,1H3,(H,19,20);/q-1;+1. The summed E-state index contributed by atoms with van der Waals surface area (Å²) in [5.74, 6) is -0.673. The molecule has 0 radical (unpaired) electrons. The first-order valence-electron chi connectivity index (χ1n) is 8.80. The maximum absolute atomic E-state index is 10.3. The summed E-state index contributed by atoms with van der Waals surface area (Å²) in [6.07, 6.45) is 20.7. The van der Waals surface area contributed by atoms with Gasteiger partial charge in [-0.2, -0.15) is 12.8 Å². The fourth-order valence-electron chi connectivity index (χ4n) is 2.49. The molecular weight excluding hydrogens is 271 g/mol. The average molecular weight is 306 g/mol. The number of carboxylic acid groups (broad SMARTS) is 1. The van der Waals surface area contributed by atoms with Crippen molar-refractivity contribution in [2.75, 3.05) is 0 Å².